The third kappa shape index (κ3) is 4.48. The van der Waals surface area contributed by atoms with Gasteiger partial charge in [0.05, 0.1) is 12.7 Å². The van der Waals surface area contributed by atoms with E-state index in [4.69, 9.17) is 10.5 Å². The molecule has 188 valence electrons. The van der Waals surface area contributed by atoms with Crippen LogP contribution in [0.4, 0.5) is 15.9 Å². The van der Waals surface area contributed by atoms with Crippen LogP contribution in [0.1, 0.15) is 29.8 Å². The number of benzene rings is 2. The molecular formula is C28H32FN5O2. The first-order valence-electron chi connectivity index (χ1n) is 12.4. The zero-order valence-electron chi connectivity index (χ0n) is 21.0. The van der Waals surface area contributed by atoms with E-state index in [1.807, 2.05) is 30.3 Å². The van der Waals surface area contributed by atoms with Crippen LogP contribution in [0.3, 0.4) is 0 Å². The SMILES string of the molecule is COc1cc(-c2cc(-c3ccc(N4CCN(C(C)C)CC4)cc3)c(F)nc2N)cc2c1C(=O)NCC2. The van der Waals surface area contributed by atoms with Crippen LogP contribution in [0.25, 0.3) is 22.3 Å². The number of piperazine rings is 1. The standard InChI is InChI=1S/C28H32FN5O2/c1-17(2)33-10-12-34(13-11-33)21-6-4-18(5-7-21)22-16-23(27(30)32-26(22)29)20-14-19-8-9-31-28(35)25(19)24(15-20)36-3/h4-7,14-17H,8-13H2,1-3H3,(H2,30,32)(H,31,35). The molecule has 2 aromatic carbocycles. The highest BCUT2D eigenvalue weighted by Gasteiger charge is 2.24. The third-order valence-corrected chi connectivity index (χ3v) is 7.22. The van der Waals surface area contributed by atoms with Crippen LogP contribution in [0.15, 0.2) is 42.5 Å². The van der Waals surface area contributed by atoms with Crippen molar-refractivity contribution < 1.29 is 13.9 Å². The first kappa shape index (κ1) is 24.1. The number of nitrogens with one attached hydrogen (secondary N) is 1. The Hall–Kier alpha value is -3.65. The molecular weight excluding hydrogens is 457 g/mol. The van der Waals surface area contributed by atoms with E-state index in [0.717, 1.165) is 48.6 Å². The number of methoxy groups -OCH3 is 1. The number of nitrogens with two attached hydrogens (primary N) is 1. The Morgan fingerprint density at radius 1 is 1.03 bits per heavy atom. The van der Waals surface area contributed by atoms with Crippen LogP contribution in [0.5, 0.6) is 5.75 Å². The number of hydrogen-bond donors (Lipinski definition) is 2. The molecule has 0 spiro atoms. The Morgan fingerprint density at radius 3 is 2.42 bits per heavy atom. The van der Waals surface area contributed by atoms with Gasteiger partial charge in [0.1, 0.15) is 11.6 Å². The highest BCUT2D eigenvalue weighted by molar-refractivity contribution is 6.00. The molecule has 5 rings (SSSR count). The summed E-state index contributed by atoms with van der Waals surface area (Å²) in [6, 6.07) is 13.9. The highest BCUT2D eigenvalue weighted by atomic mass is 19.1. The highest BCUT2D eigenvalue weighted by Crippen LogP contribution is 2.37. The number of anilines is 2. The van der Waals surface area contributed by atoms with Crippen molar-refractivity contribution in [3.8, 4) is 28.0 Å². The molecule has 0 unspecified atom stereocenters. The van der Waals surface area contributed by atoms with Gasteiger partial charge >= 0.3 is 0 Å². The minimum Gasteiger partial charge on any atom is -0.496 e. The smallest absolute Gasteiger partial charge is 0.255 e. The normalized spacial score (nSPS) is 16.1. The van der Waals surface area contributed by atoms with E-state index in [1.165, 1.54) is 7.11 Å². The number of rotatable bonds is 5. The molecule has 3 aromatic rings. The summed E-state index contributed by atoms with van der Waals surface area (Å²) in [6.45, 7) is 9.02. The van der Waals surface area contributed by atoms with Crippen LogP contribution >= 0.6 is 0 Å². The van der Waals surface area contributed by atoms with Crippen LogP contribution in [0, 0.1) is 5.95 Å². The Kier molecular flexibility index (Phi) is 6.53. The Morgan fingerprint density at radius 2 is 1.75 bits per heavy atom. The van der Waals surface area contributed by atoms with Gasteiger partial charge in [-0.25, -0.2) is 4.98 Å². The van der Waals surface area contributed by atoms with Crippen LogP contribution < -0.4 is 20.7 Å². The lowest BCUT2D eigenvalue weighted by Crippen LogP contribution is -2.48. The van der Waals surface area contributed by atoms with Gasteiger partial charge in [-0.2, -0.15) is 4.39 Å². The maximum Gasteiger partial charge on any atom is 0.255 e. The average Bonchev–Trinajstić information content (AvgIpc) is 2.88. The monoisotopic (exact) mass is 489 g/mol. The molecule has 1 fully saturated rings. The summed E-state index contributed by atoms with van der Waals surface area (Å²) in [6.07, 6.45) is 0.680. The van der Waals surface area contributed by atoms with Gasteiger partial charge < -0.3 is 20.7 Å². The summed E-state index contributed by atoms with van der Waals surface area (Å²) >= 11 is 0. The number of carbonyl (C=O) groups is 1. The number of halogens is 1. The predicted octanol–water partition coefficient (Wildman–Crippen LogP) is 3.96. The molecule has 7 nitrogen and oxygen atoms in total. The van der Waals surface area contributed by atoms with E-state index < -0.39 is 5.95 Å². The topological polar surface area (TPSA) is 83.7 Å². The van der Waals surface area contributed by atoms with Crippen LogP contribution in [-0.2, 0) is 6.42 Å². The summed E-state index contributed by atoms with van der Waals surface area (Å²) < 4.78 is 20.5. The van der Waals surface area contributed by atoms with E-state index in [-0.39, 0.29) is 11.7 Å². The maximum atomic E-state index is 15.0. The fourth-order valence-corrected chi connectivity index (χ4v) is 5.13. The van der Waals surface area contributed by atoms with Crippen molar-refractivity contribution in [3.63, 3.8) is 0 Å². The molecule has 1 aromatic heterocycles. The van der Waals surface area contributed by atoms with E-state index in [1.54, 1.807) is 12.1 Å². The molecule has 1 saturated heterocycles. The van der Waals surface area contributed by atoms with Crippen LogP contribution in [-0.4, -0.2) is 61.7 Å². The van der Waals surface area contributed by atoms with E-state index >= 15 is 0 Å². The van der Waals surface area contributed by atoms with Crippen molar-refractivity contribution in [1.82, 2.24) is 15.2 Å². The fraction of sp³-hybridized carbons (Fsp3) is 0.357. The van der Waals surface area contributed by atoms with Crippen molar-refractivity contribution in [2.24, 2.45) is 0 Å². The zero-order chi connectivity index (χ0) is 25.4. The summed E-state index contributed by atoms with van der Waals surface area (Å²) in [5.74, 6) is -0.208. The molecule has 3 N–H and O–H groups in total. The zero-order valence-corrected chi connectivity index (χ0v) is 21.0. The minimum atomic E-state index is -0.612. The molecule has 0 aliphatic carbocycles. The summed E-state index contributed by atoms with van der Waals surface area (Å²) in [5.41, 5.74) is 11.2. The molecule has 0 saturated carbocycles. The number of nitrogen functional groups attached to an aromatic ring is 1. The summed E-state index contributed by atoms with van der Waals surface area (Å²) in [7, 11) is 1.53. The lowest BCUT2D eigenvalue weighted by Gasteiger charge is -2.38. The number of amides is 1. The molecule has 2 aliphatic heterocycles. The molecule has 3 heterocycles. The number of carbonyl (C=O) groups excluding carboxylic acids is 1. The van der Waals surface area contributed by atoms with E-state index in [0.29, 0.717) is 41.4 Å². The van der Waals surface area contributed by atoms with Crippen molar-refractivity contribution in [1.29, 1.82) is 0 Å². The maximum absolute atomic E-state index is 15.0. The summed E-state index contributed by atoms with van der Waals surface area (Å²) in [5, 5.41) is 2.85. The van der Waals surface area contributed by atoms with Gasteiger partial charge in [0.2, 0.25) is 5.95 Å². The molecule has 1 amide bonds. The number of hydrogen-bond acceptors (Lipinski definition) is 6. The van der Waals surface area contributed by atoms with E-state index in [2.05, 4.69) is 33.9 Å². The minimum absolute atomic E-state index is 0.0955. The first-order valence-corrected chi connectivity index (χ1v) is 12.4. The van der Waals surface area contributed by atoms with Gasteiger partial charge in [-0.15, -0.1) is 0 Å². The Labute approximate surface area is 211 Å². The number of nitrogens with zero attached hydrogens (tertiary/aromatic N) is 3. The second kappa shape index (κ2) is 9.78. The largest absolute Gasteiger partial charge is 0.496 e. The van der Waals surface area contributed by atoms with Crippen molar-refractivity contribution >= 4 is 17.4 Å². The van der Waals surface area contributed by atoms with Gasteiger partial charge in [-0.3, -0.25) is 9.69 Å². The van der Waals surface area contributed by atoms with Gasteiger partial charge in [0.25, 0.3) is 5.91 Å². The first-order chi connectivity index (χ1) is 17.4. The van der Waals surface area contributed by atoms with Crippen molar-refractivity contribution in [2.45, 2.75) is 26.3 Å². The average molecular weight is 490 g/mol. The lowest BCUT2D eigenvalue weighted by atomic mass is 9.93. The molecule has 0 atom stereocenters. The number of ether oxygens (including phenoxy) is 1. The summed E-state index contributed by atoms with van der Waals surface area (Å²) in [4.78, 5) is 21.2. The molecule has 36 heavy (non-hydrogen) atoms. The van der Waals surface area contributed by atoms with Crippen LogP contribution in [0.2, 0.25) is 0 Å². The molecule has 0 radical (unpaired) electrons. The Balaban J connectivity index is 1.46. The van der Waals surface area contributed by atoms with Gasteiger partial charge in [-0.05, 0) is 67.3 Å². The van der Waals surface area contributed by atoms with Crippen molar-refractivity contribution in [3.05, 3.63) is 59.5 Å². The number of pyridine rings is 1. The fourth-order valence-electron chi connectivity index (χ4n) is 5.13. The quantitative estimate of drug-likeness (QED) is 0.528. The van der Waals surface area contributed by atoms with E-state index in [9.17, 15) is 9.18 Å². The Bertz CT molecular complexity index is 1270. The number of fused-ring (bicyclic) bond motifs is 1. The molecule has 8 heteroatoms. The van der Waals surface area contributed by atoms with Gasteiger partial charge in [0.15, 0.2) is 0 Å². The van der Waals surface area contributed by atoms with Crippen molar-refractivity contribution in [2.75, 3.05) is 50.5 Å². The molecule has 2 aliphatic rings. The number of aromatic nitrogens is 1. The predicted molar refractivity (Wildman–Crippen MR) is 141 cm³/mol. The van der Waals surface area contributed by atoms with Gasteiger partial charge in [-0.1, -0.05) is 12.1 Å². The third-order valence-electron chi connectivity index (χ3n) is 7.22. The second-order valence-electron chi connectivity index (χ2n) is 9.64. The second-order valence-corrected chi connectivity index (χ2v) is 9.64. The lowest BCUT2D eigenvalue weighted by molar-refractivity contribution is 0.0942. The van der Waals surface area contributed by atoms with Gasteiger partial charge in [0, 0.05) is 55.6 Å². The molecule has 0 bridgehead atoms.